The van der Waals surface area contributed by atoms with Gasteiger partial charge in [0.2, 0.25) is 0 Å². The largest absolute Gasteiger partial charge is 0.265 e. The smallest absolute Gasteiger partial charge is 0.0676 e. The van der Waals surface area contributed by atoms with Gasteiger partial charge in [-0.1, -0.05) is 0 Å². The molecule has 0 saturated heterocycles. The Bertz CT molecular complexity index is 333. The maximum atomic E-state index is 5.98. The Kier molecular flexibility index (Phi) is 3.07. The number of nitrogens with zero attached hydrogens (tertiary/aromatic N) is 2. The van der Waals surface area contributed by atoms with Crippen molar-refractivity contribution in [3.05, 3.63) is 17.0 Å². The fourth-order valence-corrected chi connectivity index (χ4v) is 3.14. The molecule has 14 heavy (non-hydrogen) atoms. The van der Waals surface area contributed by atoms with Crippen molar-refractivity contribution >= 4 is 23.4 Å². The molecule has 0 radical (unpaired) electrons. The lowest BCUT2D eigenvalue weighted by molar-refractivity contribution is 0.512. The third kappa shape index (κ3) is 1.68. The third-order valence-corrected chi connectivity index (χ3v) is 3.79. The van der Waals surface area contributed by atoms with Crippen LogP contribution < -0.4 is 0 Å². The number of halogens is 1. The highest BCUT2D eigenvalue weighted by Crippen LogP contribution is 2.29. The lowest BCUT2D eigenvalue weighted by Gasteiger charge is -2.11. The molecule has 0 amide bonds. The zero-order chi connectivity index (χ0) is 10.1. The van der Waals surface area contributed by atoms with Crippen molar-refractivity contribution < 1.29 is 0 Å². The van der Waals surface area contributed by atoms with Crippen LogP contribution in [0.15, 0.2) is 0 Å². The predicted molar refractivity (Wildman–Crippen MR) is 62.0 cm³/mol. The van der Waals surface area contributed by atoms with Gasteiger partial charge in [-0.05, 0) is 19.6 Å². The summed E-state index contributed by atoms with van der Waals surface area (Å²) in [5.74, 6) is 2.87. The van der Waals surface area contributed by atoms with Crippen molar-refractivity contribution in [2.75, 3.05) is 5.75 Å². The topological polar surface area (TPSA) is 17.8 Å². The Labute approximate surface area is 94.0 Å². The Morgan fingerprint density at radius 1 is 1.57 bits per heavy atom. The normalized spacial score (nSPS) is 16.0. The average molecular weight is 231 g/mol. The van der Waals surface area contributed by atoms with Gasteiger partial charge in [-0.25, -0.2) is 0 Å². The number of hydrogen-bond donors (Lipinski definition) is 0. The molecule has 1 aromatic rings. The summed E-state index contributed by atoms with van der Waals surface area (Å²) < 4.78 is 2.09. The summed E-state index contributed by atoms with van der Waals surface area (Å²) >= 11 is 7.96. The average Bonchev–Trinajstić information content (AvgIpc) is 2.56. The van der Waals surface area contributed by atoms with Crippen molar-refractivity contribution in [1.82, 2.24) is 9.78 Å². The van der Waals surface area contributed by atoms with Gasteiger partial charge in [-0.15, -0.1) is 11.6 Å². The van der Waals surface area contributed by atoms with E-state index in [1.165, 1.54) is 22.7 Å². The minimum absolute atomic E-state index is 0.416. The van der Waals surface area contributed by atoms with Crippen molar-refractivity contribution in [2.24, 2.45) is 0 Å². The summed E-state index contributed by atoms with van der Waals surface area (Å²) in [5.41, 5.74) is 3.89. The van der Waals surface area contributed by atoms with E-state index in [-0.39, 0.29) is 0 Å². The molecule has 0 N–H and O–H groups in total. The second kappa shape index (κ2) is 4.15. The molecule has 4 heteroatoms. The zero-order valence-electron chi connectivity index (χ0n) is 8.59. The van der Waals surface area contributed by atoms with Crippen LogP contribution in [-0.4, -0.2) is 15.5 Å². The Balaban J connectivity index is 2.46. The van der Waals surface area contributed by atoms with Gasteiger partial charge in [-0.3, -0.25) is 4.68 Å². The highest BCUT2D eigenvalue weighted by atomic mass is 35.5. The summed E-state index contributed by atoms with van der Waals surface area (Å²) in [6.45, 7) is 4.31. The molecule has 0 bridgehead atoms. The first kappa shape index (κ1) is 10.4. The monoisotopic (exact) mass is 230 g/mol. The minimum Gasteiger partial charge on any atom is -0.265 e. The Morgan fingerprint density at radius 2 is 2.36 bits per heavy atom. The number of hydrogen-bond acceptors (Lipinski definition) is 2. The van der Waals surface area contributed by atoms with Crippen LogP contribution in [0.5, 0.6) is 0 Å². The van der Waals surface area contributed by atoms with Crippen molar-refractivity contribution in [2.45, 2.75) is 37.9 Å². The maximum Gasteiger partial charge on any atom is 0.0676 e. The van der Waals surface area contributed by atoms with Crippen LogP contribution in [0, 0.1) is 0 Å². The highest BCUT2D eigenvalue weighted by molar-refractivity contribution is 7.98. The molecule has 1 aromatic heterocycles. The molecule has 0 unspecified atom stereocenters. The molecule has 0 aromatic carbocycles. The standard InChI is InChI=1S/C10H15ClN2S/c1-7(2)13-10(5-11)8-6-14-4-3-9(8)12-13/h7H,3-6H2,1-2H3. The first-order valence-corrected chi connectivity index (χ1v) is 6.65. The lowest BCUT2D eigenvalue weighted by Crippen LogP contribution is -2.06. The fourth-order valence-electron chi connectivity index (χ4n) is 1.84. The van der Waals surface area contributed by atoms with Crippen molar-refractivity contribution in [3.63, 3.8) is 0 Å². The number of alkyl halides is 1. The van der Waals surface area contributed by atoms with Crippen molar-refractivity contribution in [3.8, 4) is 0 Å². The molecule has 2 heterocycles. The van der Waals surface area contributed by atoms with Crippen LogP contribution in [-0.2, 0) is 18.1 Å². The van der Waals surface area contributed by atoms with Gasteiger partial charge in [0.25, 0.3) is 0 Å². The van der Waals surface area contributed by atoms with Crippen LogP contribution in [0.2, 0.25) is 0 Å². The van der Waals surface area contributed by atoms with Gasteiger partial charge in [0.1, 0.15) is 0 Å². The summed E-state index contributed by atoms with van der Waals surface area (Å²) in [4.78, 5) is 0. The van der Waals surface area contributed by atoms with Gasteiger partial charge in [-0.2, -0.15) is 16.9 Å². The van der Waals surface area contributed by atoms with E-state index in [1.54, 1.807) is 0 Å². The van der Waals surface area contributed by atoms with E-state index >= 15 is 0 Å². The quantitative estimate of drug-likeness (QED) is 0.727. The van der Waals surface area contributed by atoms with Crippen LogP contribution in [0.25, 0.3) is 0 Å². The fraction of sp³-hybridized carbons (Fsp3) is 0.700. The van der Waals surface area contributed by atoms with Crippen LogP contribution >= 0.6 is 23.4 Å². The molecule has 2 rings (SSSR count). The molecule has 78 valence electrons. The van der Waals surface area contributed by atoms with Gasteiger partial charge in [0.15, 0.2) is 0 Å². The summed E-state index contributed by atoms with van der Waals surface area (Å²) in [5, 5.41) is 4.64. The van der Waals surface area contributed by atoms with E-state index in [9.17, 15) is 0 Å². The molecule has 0 fully saturated rings. The van der Waals surface area contributed by atoms with E-state index in [4.69, 9.17) is 11.6 Å². The second-order valence-corrected chi connectivity index (χ2v) is 5.22. The van der Waals surface area contributed by atoms with E-state index in [0.717, 1.165) is 12.2 Å². The number of fused-ring (bicyclic) bond motifs is 1. The predicted octanol–water partition coefficient (Wildman–Crippen LogP) is 2.99. The molecule has 0 atom stereocenters. The van der Waals surface area contributed by atoms with Crippen LogP contribution in [0.4, 0.5) is 0 Å². The first-order chi connectivity index (χ1) is 6.74. The Hall–Kier alpha value is -0.150. The number of thioether (sulfide) groups is 1. The summed E-state index contributed by atoms with van der Waals surface area (Å²) in [6.07, 6.45) is 1.10. The molecule has 0 spiro atoms. The minimum atomic E-state index is 0.416. The molecule has 0 saturated carbocycles. The summed E-state index contributed by atoms with van der Waals surface area (Å²) in [6, 6.07) is 0.416. The van der Waals surface area contributed by atoms with Gasteiger partial charge in [0, 0.05) is 23.8 Å². The third-order valence-electron chi connectivity index (χ3n) is 2.55. The highest BCUT2D eigenvalue weighted by Gasteiger charge is 2.20. The number of rotatable bonds is 2. The molecule has 2 nitrogen and oxygen atoms in total. The molecular weight excluding hydrogens is 216 g/mol. The first-order valence-electron chi connectivity index (χ1n) is 4.97. The lowest BCUT2D eigenvalue weighted by atomic mass is 10.1. The van der Waals surface area contributed by atoms with E-state index < -0.39 is 0 Å². The maximum absolute atomic E-state index is 5.98. The second-order valence-electron chi connectivity index (χ2n) is 3.85. The Morgan fingerprint density at radius 3 is 3.00 bits per heavy atom. The van der Waals surface area contributed by atoms with E-state index in [2.05, 4.69) is 23.6 Å². The van der Waals surface area contributed by atoms with Crippen LogP contribution in [0.1, 0.15) is 36.8 Å². The number of aromatic nitrogens is 2. The molecule has 1 aliphatic rings. The van der Waals surface area contributed by atoms with Gasteiger partial charge in [0.05, 0.1) is 17.3 Å². The molecular formula is C10H15ClN2S. The van der Waals surface area contributed by atoms with Gasteiger partial charge >= 0.3 is 0 Å². The van der Waals surface area contributed by atoms with Crippen molar-refractivity contribution in [1.29, 1.82) is 0 Å². The number of aryl methyl sites for hydroxylation is 1. The zero-order valence-corrected chi connectivity index (χ0v) is 10.2. The molecule has 1 aliphatic heterocycles. The van der Waals surface area contributed by atoms with Gasteiger partial charge < -0.3 is 0 Å². The van der Waals surface area contributed by atoms with E-state index in [0.29, 0.717) is 11.9 Å². The van der Waals surface area contributed by atoms with Crippen LogP contribution in [0.3, 0.4) is 0 Å². The van der Waals surface area contributed by atoms with E-state index in [1.807, 2.05) is 11.8 Å². The SMILES string of the molecule is CC(C)n1nc2c(c1CCl)CSCC2. The summed E-state index contributed by atoms with van der Waals surface area (Å²) in [7, 11) is 0. The molecule has 0 aliphatic carbocycles.